The third kappa shape index (κ3) is 6.63. The SMILES string of the molecule is CN=C(NCCc1ccc(C(F)(F)F)cc1)NCc1ccc(NC(=O)c2ccco2)cc1. The van der Waals surface area contributed by atoms with Gasteiger partial charge in [0, 0.05) is 25.8 Å². The Hall–Kier alpha value is -3.75. The van der Waals surface area contributed by atoms with Crippen molar-refractivity contribution in [3.8, 4) is 0 Å². The number of halogens is 3. The fourth-order valence-corrected chi connectivity index (χ4v) is 2.90. The zero-order valence-electron chi connectivity index (χ0n) is 17.4. The van der Waals surface area contributed by atoms with E-state index in [4.69, 9.17) is 4.42 Å². The van der Waals surface area contributed by atoms with Gasteiger partial charge in [-0.3, -0.25) is 9.79 Å². The number of hydrogen-bond donors (Lipinski definition) is 3. The first-order chi connectivity index (χ1) is 15.3. The maximum absolute atomic E-state index is 12.6. The molecule has 0 saturated heterocycles. The van der Waals surface area contributed by atoms with Gasteiger partial charge in [-0.05, 0) is 53.9 Å². The number of hydrogen-bond acceptors (Lipinski definition) is 3. The van der Waals surface area contributed by atoms with Gasteiger partial charge in [-0.2, -0.15) is 13.2 Å². The second-order valence-electron chi connectivity index (χ2n) is 6.93. The number of guanidine groups is 1. The molecule has 0 atom stereocenters. The summed E-state index contributed by atoms with van der Waals surface area (Å²) >= 11 is 0. The summed E-state index contributed by atoms with van der Waals surface area (Å²) in [7, 11) is 1.64. The van der Waals surface area contributed by atoms with E-state index in [9.17, 15) is 18.0 Å². The summed E-state index contributed by atoms with van der Waals surface area (Å²) in [5.74, 6) is 0.493. The van der Waals surface area contributed by atoms with Crippen molar-refractivity contribution in [3.05, 3.63) is 89.4 Å². The average molecular weight is 444 g/mol. The summed E-state index contributed by atoms with van der Waals surface area (Å²) in [5, 5.41) is 9.06. The summed E-state index contributed by atoms with van der Waals surface area (Å²) in [6, 6.07) is 15.7. The summed E-state index contributed by atoms with van der Waals surface area (Å²) in [4.78, 5) is 16.1. The molecule has 0 fully saturated rings. The van der Waals surface area contributed by atoms with Crippen molar-refractivity contribution in [1.29, 1.82) is 0 Å². The molecule has 3 aromatic rings. The Morgan fingerprint density at radius 1 is 0.969 bits per heavy atom. The Balaban J connectivity index is 1.42. The lowest BCUT2D eigenvalue weighted by Crippen LogP contribution is -2.37. The maximum atomic E-state index is 12.6. The summed E-state index contributed by atoms with van der Waals surface area (Å²) in [6.07, 6.45) is -2.33. The first-order valence-electron chi connectivity index (χ1n) is 9.89. The molecule has 1 amide bonds. The maximum Gasteiger partial charge on any atom is 0.416 e. The van der Waals surface area contributed by atoms with E-state index in [2.05, 4.69) is 20.9 Å². The van der Waals surface area contributed by atoms with Gasteiger partial charge in [-0.1, -0.05) is 24.3 Å². The number of anilines is 1. The predicted molar refractivity (Wildman–Crippen MR) is 116 cm³/mol. The molecule has 0 aliphatic heterocycles. The number of alkyl halides is 3. The lowest BCUT2D eigenvalue weighted by atomic mass is 10.1. The normalized spacial score (nSPS) is 11.8. The van der Waals surface area contributed by atoms with Crippen molar-refractivity contribution >= 4 is 17.6 Å². The second-order valence-corrected chi connectivity index (χ2v) is 6.93. The van der Waals surface area contributed by atoms with E-state index in [1.54, 1.807) is 31.3 Å². The van der Waals surface area contributed by atoms with Crippen molar-refractivity contribution < 1.29 is 22.4 Å². The van der Waals surface area contributed by atoms with E-state index in [0.717, 1.165) is 23.3 Å². The van der Waals surface area contributed by atoms with Gasteiger partial charge in [-0.25, -0.2) is 0 Å². The van der Waals surface area contributed by atoms with E-state index in [0.29, 0.717) is 31.2 Å². The Morgan fingerprint density at radius 3 is 2.25 bits per heavy atom. The summed E-state index contributed by atoms with van der Waals surface area (Å²) in [6.45, 7) is 1.02. The lowest BCUT2D eigenvalue weighted by Gasteiger charge is -2.13. The Morgan fingerprint density at radius 2 is 1.66 bits per heavy atom. The first kappa shape index (κ1) is 22.9. The van der Waals surface area contributed by atoms with Crippen molar-refractivity contribution in [3.63, 3.8) is 0 Å². The third-order valence-electron chi connectivity index (χ3n) is 4.63. The molecule has 9 heteroatoms. The molecule has 1 heterocycles. The molecule has 0 aliphatic rings. The van der Waals surface area contributed by atoms with Crippen molar-refractivity contribution in [1.82, 2.24) is 10.6 Å². The van der Waals surface area contributed by atoms with Gasteiger partial charge in [0.15, 0.2) is 11.7 Å². The number of nitrogens with one attached hydrogen (secondary N) is 3. The number of aliphatic imine (C=N–C) groups is 1. The Bertz CT molecular complexity index is 1030. The van der Waals surface area contributed by atoms with Crippen LogP contribution in [0, 0.1) is 0 Å². The van der Waals surface area contributed by atoms with Crippen LogP contribution in [-0.4, -0.2) is 25.5 Å². The molecule has 0 saturated carbocycles. The minimum Gasteiger partial charge on any atom is -0.459 e. The van der Waals surface area contributed by atoms with Gasteiger partial charge in [0.25, 0.3) is 5.91 Å². The number of carbonyl (C=O) groups excluding carboxylic acids is 1. The highest BCUT2D eigenvalue weighted by molar-refractivity contribution is 6.02. The molecular weight excluding hydrogens is 421 g/mol. The molecule has 0 aliphatic carbocycles. The molecule has 32 heavy (non-hydrogen) atoms. The van der Waals surface area contributed by atoms with Crippen molar-refractivity contribution in [2.45, 2.75) is 19.1 Å². The third-order valence-corrected chi connectivity index (χ3v) is 4.63. The Labute approximate surface area is 183 Å². The highest BCUT2D eigenvalue weighted by Crippen LogP contribution is 2.29. The van der Waals surface area contributed by atoms with E-state index in [1.165, 1.54) is 18.4 Å². The number of benzene rings is 2. The zero-order chi connectivity index (χ0) is 23.0. The van der Waals surface area contributed by atoms with Gasteiger partial charge in [0.2, 0.25) is 0 Å². The van der Waals surface area contributed by atoms with Crippen LogP contribution in [0.2, 0.25) is 0 Å². The monoisotopic (exact) mass is 444 g/mol. The molecule has 3 rings (SSSR count). The van der Waals surface area contributed by atoms with Crippen LogP contribution in [0.4, 0.5) is 18.9 Å². The van der Waals surface area contributed by atoms with Crippen molar-refractivity contribution in [2.75, 3.05) is 18.9 Å². The molecule has 2 aromatic carbocycles. The molecule has 0 bridgehead atoms. The van der Waals surface area contributed by atoms with Crippen LogP contribution in [-0.2, 0) is 19.1 Å². The van der Waals surface area contributed by atoms with Crippen LogP contribution in [0.1, 0.15) is 27.2 Å². The highest BCUT2D eigenvalue weighted by Gasteiger charge is 2.29. The minimum atomic E-state index is -4.33. The van der Waals surface area contributed by atoms with Crippen LogP contribution in [0.15, 0.2) is 76.3 Å². The molecule has 3 N–H and O–H groups in total. The fraction of sp³-hybridized carbons (Fsp3) is 0.217. The molecule has 0 spiro atoms. The smallest absolute Gasteiger partial charge is 0.416 e. The first-order valence-corrected chi connectivity index (χ1v) is 9.89. The van der Waals surface area contributed by atoms with Crippen LogP contribution in [0.25, 0.3) is 0 Å². The minimum absolute atomic E-state index is 0.238. The molecular formula is C23H23F3N4O2. The van der Waals surface area contributed by atoms with Crippen LogP contribution >= 0.6 is 0 Å². The zero-order valence-corrected chi connectivity index (χ0v) is 17.4. The highest BCUT2D eigenvalue weighted by atomic mass is 19.4. The summed E-state index contributed by atoms with van der Waals surface area (Å²) in [5.41, 5.74) is 1.77. The number of rotatable bonds is 7. The van der Waals surface area contributed by atoms with Crippen LogP contribution < -0.4 is 16.0 Å². The summed E-state index contributed by atoms with van der Waals surface area (Å²) < 4.78 is 42.9. The van der Waals surface area contributed by atoms with Gasteiger partial charge in [0.05, 0.1) is 11.8 Å². The topological polar surface area (TPSA) is 78.7 Å². The number of carbonyl (C=O) groups is 1. The van der Waals surface area contributed by atoms with Gasteiger partial charge in [-0.15, -0.1) is 0 Å². The van der Waals surface area contributed by atoms with E-state index >= 15 is 0 Å². The largest absolute Gasteiger partial charge is 0.459 e. The molecule has 6 nitrogen and oxygen atoms in total. The van der Waals surface area contributed by atoms with Crippen LogP contribution in [0.5, 0.6) is 0 Å². The average Bonchev–Trinajstić information content (AvgIpc) is 3.32. The molecule has 0 radical (unpaired) electrons. The molecule has 168 valence electrons. The van der Waals surface area contributed by atoms with E-state index in [1.807, 2.05) is 12.1 Å². The van der Waals surface area contributed by atoms with Gasteiger partial charge >= 0.3 is 6.18 Å². The van der Waals surface area contributed by atoms with Gasteiger partial charge < -0.3 is 20.4 Å². The number of nitrogens with zero attached hydrogens (tertiary/aromatic N) is 1. The number of furan rings is 1. The molecule has 0 unspecified atom stereocenters. The predicted octanol–water partition coefficient (Wildman–Crippen LogP) is 4.46. The van der Waals surface area contributed by atoms with Crippen molar-refractivity contribution in [2.24, 2.45) is 4.99 Å². The Kier molecular flexibility index (Phi) is 7.54. The van der Waals surface area contributed by atoms with Gasteiger partial charge in [0.1, 0.15) is 0 Å². The van der Waals surface area contributed by atoms with Crippen LogP contribution in [0.3, 0.4) is 0 Å². The number of amides is 1. The second kappa shape index (κ2) is 10.5. The quantitative estimate of drug-likeness (QED) is 0.372. The molecule has 1 aromatic heterocycles. The fourth-order valence-electron chi connectivity index (χ4n) is 2.90. The van der Waals surface area contributed by atoms with E-state index in [-0.39, 0.29) is 11.7 Å². The van der Waals surface area contributed by atoms with E-state index < -0.39 is 11.7 Å². The standard InChI is InChI=1S/C23H23F3N4O2/c1-27-22(28-13-12-16-4-8-18(9-5-16)23(24,25)26)29-15-17-6-10-19(11-7-17)30-21(31)20-3-2-14-32-20/h2-11,14H,12-13,15H2,1H3,(H,30,31)(H2,27,28,29). The lowest BCUT2D eigenvalue weighted by molar-refractivity contribution is -0.137.